The molecule has 25 heavy (non-hydrogen) atoms. The molecule has 0 aromatic heterocycles. The van der Waals surface area contributed by atoms with E-state index in [0.717, 1.165) is 0 Å². The molecular weight excluding hydrogens is 324 g/mol. The summed E-state index contributed by atoms with van der Waals surface area (Å²) in [6.07, 6.45) is 0.142. The lowest BCUT2D eigenvalue weighted by molar-refractivity contribution is -0.384. The Morgan fingerprint density at radius 3 is 2.40 bits per heavy atom. The minimum atomic E-state index is -0.476. The Hall–Kier alpha value is -3.42. The molecule has 0 aliphatic rings. The third-order valence-electron chi connectivity index (χ3n) is 3.43. The molecule has 0 aliphatic carbocycles. The smallest absolute Gasteiger partial charge is 0.292 e. The number of anilines is 2. The second-order valence-electron chi connectivity index (χ2n) is 5.16. The van der Waals surface area contributed by atoms with Crippen molar-refractivity contribution in [2.24, 2.45) is 0 Å². The summed E-state index contributed by atoms with van der Waals surface area (Å²) in [5.41, 5.74) is 1.41. The maximum atomic E-state index is 11.9. The van der Waals surface area contributed by atoms with Gasteiger partial charge in [0.25, 0.3) is 11.6 Å². The number of amides is 2. The lowest BCUT2D eigenvalue weighted by atomic mass is 10.2. The van der Waals surface area contributed by atoms with Gasteiger partial charge in [-0.1, -0.05) is 12.1 Å². The molecular formula is C17H18N4O4. The number of nitro benzene ring substituents is 1. The van der Waals surface area contributed by atoms with Gasteiger partial charge in [-0.2, -0.15) is 0 Å². The predicted molar refractivity (Wildman–Crippen MR) is 94.7 cm³/mol. The molecule has 2 aromatic rings. The van der Waals surface area contributed by atoms with Crippen LogP contribution in [0.3, 0.4) is 0 Å². The van der Waals surface area contributed by atoms with Gasteiger partial charge in [-0.3, -0.25) is 19.7 Å². The topological polar surface area (TPSA) is 113 Å². The van der Waals surface area contributed by atoms with E-state index in [2.05, 4.69) is 16.0 Å². The van der Waals surface area contributed by atoms with Crippen molar-refractivity contribution in [1.82, 2.24) is 5.32 Å². The van der Waals surface area contributed by atoms with Crippen molar-refractivity contribution in [1.29, 1.82) is 0 Å². The minimum absolute atomic E-state index is 0.0345. The van der Waals surface area contributed by atoms with Crippen molar-refractivity contribution in [2.45, 2.75) is 6.42 Å². The van der Waals surface area contributed by atoms with E-state index in [0.29, 0.717) is 16.9 Å². The van der Waals surface area contributed by atoms with Gasteiger partial charge in [0.1, 0.15) is 5.69 Å². The van der Waals surface area contributed by atoms with Crippen molar-refractivity contribution in [3.63, 3.8) is 0 Å². The van der Waals surface area contributed by atoms with Gasteiger partial charge in [0.2, 0.25) is 5.91 Å². The highest BCUT2D eigenvalue weighted by Crippen LogP contribution is 2.22. The average Bonchev–Trinajstić information content (AvgIpc) is 2.62. The summed E-state index contributed by atoms with van der Waals surface area (Å²) >= 11 is 0. The van der Waals surface area contributed by atoms with Crippen LogP contribution in [-0.4, -0.2) is 30.3 Å². The summed E-state index contributed by atoms with van der Waals surface area (Å²) in [4.78, 5) is 33.8. The van der Waals surface area contributed by atoms with E-state index in [1.54, 1.807) is 49.5 Å². The fourth-order valence-corrected chi connectivity index (χ4v) is 2.17. The molecule has 0 radical (unpaired) electrons. The molecule has 0 atom stereocenters. The van der Waals surface area contributed by atoms with Crippen LogP contribution in [0, 0.1) is 10.1 Å². The Balaban J connectivity index is 1.85. The molecule has 8 nitrogen and oxygen atoms in total. The maximum Gasteiger partial charge on any atom is 0.292 e. The number of hydrogen-bond acceptors (Lipinski definition) is 5. The zero-order valence-electron chi connectivity index (χ0n) is 13.6. The molecule has 130 valence electrons. The van der Waals surface area contributed by atoms with Crippen molar-refractivity contribution in [3.8, 4) is 0 Å². The summed E-state index contributed by atoms with van der Waals surface area (Å²) in [6.45, 7) is 0.257. The molecule has 0 saturated heterocycles. The third-order valence-corrected chi connectivity index (χ3v) is 3.43. The second-order valence-corrected chi connectivity index (χ2v) is 5.16. The summed E-state index contributed by atoms with van der Waals surface area (Å²) in [5, 5.41) is 19.0. The predicted octanol–water partition coefficient (Wildman–Crippen LogP) is 2.40. The number of benzene rings is 2. The summed E-state index contributed by atoms with van der Waals surface area (Å²) in [6, 6.07) is 12.8. The van der Waals surface area contributed by atoms with Crippen molar-refractivity contribution < 1.29 is 14.5 Å². The van der Waals surface area contributed by atoms with E-state index in [1.807, 2.05) is 0 Å². The Bertz CT molecular complexity index is 774. The number of nitrogens with one attached hydrogen (secondary N) is 3. The van der Waals surface area contributed by atoms with Gasteiger partial charge in [0.15, 0.2) is 0 Å². The molecule has 8 heteroatoms. The summed E-state index contributed by atoms with van der Waals surface area (Å²) in [5.74, 6) is -0.440. The van der Waals surface area contributed by atoms with Gasteiger partial charge >= 0.3 is 0 Å². The monoisotopic (exact) mass is 342 g/mol. The molecule has 0 heterocycles. The molecule has 2 aromatic carbocycles. The number of nitrogens with zero attached hydrogens (tertiary/aromatic N) is 1. The van der Waals surface area contributed by atoms with Crippen molar-refractivity contribution in [2.75, 3.05) is 24.2 Å². The van der Waals surface area contributed by atoms with Gasteiger partial charge in [-0.05, 0) is 30.3 Å². The van der Waals surface area contributed by atoms with E-state index in [-0.39, 0.29) is 30.5 Å². The largest absolute Gasteiger partial charge is 0.379 e. The first-order valence-electron chi connectivity index (χ1n) is 7.60. The second kappa shape index (κ2) is 8.44. The molecule has 2 rings (SSSR count). The molecule has 0 saturated carbocycles. The number of carbonyl (C=O) groups is 2. The van der Waals surface area contributed by atoms with Gasteiger partial charge < -0.3 is 16.0 Å². The zero-order chi connectivity index (χ0) is 18.2. The van der Waals surface area contributed by atoms with Crippen LogP contribution in [0.4, 0.5) is 17.1 Å². The zero-order valence-corrected chi connectivity index (χ0v) is 13.6. The van der Waals surface area contributed by atoms with E-state index < -0.39 is 4.92 Å². The molecule has 2 amide bonds. The number of para-hydroxylation sites is 2. The van der Waals surface area contributed by atoms with Crippen molar-refractivity contribution in [3.05, 3.63) is 64.2 Å². The van der Waals surface area contributed by atoms with Crippen LogP contribution in [0.2, 0.25) is 0 Å². The fourth-order valence-electron chi connectivity index (χ4n) is 2.17. The maximum absolute atomic E-state index is 11.9. The Kier molecular flexibility index (Phi) is 6.05. The van der Waals surface area contributed by atoms with Gasteiger partial charge in [-0.15, -0.1) is 0 Å². The quantitative estimate of drug-likeness (QED) is 0.528. The first-order valence-corrected chi connectivity index (χ1v) is 7.60. The van der Waals surface area contributed by atoms with Crippen LogP contribution in [0.1, 0.15) is 16.8 Å². The molecule has 0 spiro atoms. The first-order chi connectivity index (χ1) is 12.0. The Morgan fingerprint density at radius 1 is 1.08 bits per heavy atom. The fraction of sp³-hybridized carbons (Fsp3) is 0.176. The minimum Gasteiger partial charge on any atom is -0.379 e. The van der Waals surface area contributed by atoms with Crippen LogP contribution in [-0.2, 0) is 4.79 Å². The first kappa shape index (κ1) is 17.9. The van der Waals surface area contributed by atoms with Crippen LogP contribution in [0.5, 0.6) is 0 Å². The number of carbonyl (C=O) groups excluding carboxylic acids is 2. The van der Waals surface area contributed by atoms with Gasteiger partial charge in [-0.25, -0.2) is 0 Å². The average molecular weight is 342 g/mol. The van der Waals surface area contributed by atoms with Crippen molar-refractivity contribution >= 4 is 28.9 Å². The normalized spacial score (nSPS) is 9.96. The highest BCUT2D eigenvalue weighted by molar-refractivity contribution is 5.95. The molecule has 0 fully saturated rings. The van der Waals surface area contributed by atoms with Crippen LogP contribution >= 0.6 is 0 Å². The van der Waals surface area contributed by atoms with Crippen LogP contribution in [0.15, 0.2) is 48.5 Å². The molecule has 3 N–H and O–H groups in total. The SMILES string of the molecule is CNC(=O)c1ccc(NC(=O)CCNc2ccccc2[N+](=O)[O-])cc1. The third kappa shape index (κ3) is 5.03. The lowest BCUT2D eigenvalue weighted by Gasteiger charge is -2.08. The van der Waals surface area contributed by atoms with Gasteiger partial charge in [0.05, 0.1) is 4.92 Å². The Morgan fingerprint density at radius 2 is 1.76 bits per heavy atom. The number of rotatable bonds is 7. The van der Waals surface area contributed by atoms with E-state index in [9.17, 15) is 19.7 Å². The Labute approximate surface area is 144 Å². The summed E-state index contributed by atoms with van der Waals surface area (Å²) in [7, 11) is 1.54. The van der Waals surface area contributed by atoms with Gasteiger partial charge in [0, 0.05) is 37.3 Å². The van der Waals surface area contributed by atoms with E-state index in [4.69, 9.17) is 0 Å². The standard InChI is InChI=1S/C17H18N4O4/c1-18-17(23)12-6-8-13(9-7-12)20-16(22)10-11-19-14-4-2-3-5-15(14)21(24)25/h2-9,19H,10-11H2,1H3,(H,18,23)(H,20,22). The molecule has 0 unspecified atom stereocenters. The van der Waals surface area contributed by atoms with E-state index >= 15 is 0 Å². The van der Waals surface area contributed by atoms with Crippen LogP contribution < -0.4 is 16.0 Å². The highest BCUT2D eigenvalue weighted by Gasteiger charge is 2.12. The number of hydrogen-bond donors (Lipinski definition) is 3. The van der Waals surface area contributed by atoms with E-state index in [1.165, 1.54) is 6.07 Å². The molecule has 0 bridgehead atoms. The summed E-state index contributed by atoms with van der Waals surface area (Å²) < 4.78 is 0. The molecule has 0 aliphatic heterocycles. The number of nitro groups is 1. The van der Waals surface area contributed by atoms with Crippen LogP contribution in [0.25, 0.3) is 0 Å². The lowest BCUT2D eigenvalue weighted by Crippen LogP contribution is -2.18. The highest BCUT2D eigenvalue weighted by atomic mass is 16.6.